The summed E-state index contributed by atoms with van der Waals surface area (Å²) in [5.41, 5.74) is 1.55. The number of hydrogen-bond acceptors (Lipinski definition) is 2. The first-order valence-corrected chi connectivity index (χ1v) is 7.68. The molecule has 0 bridgehead atoms. The zero-order chi connectivity index (χ0) is 13.9. The first-order chi connectivity index (χ1) is 8.95. The van der Waals surface area contributed by atoms with Crippen LogP contribution in [0.1, 0.15) is 46.5 Å². The number of halogens is 1. The highest BCUT2D eigenvalue weighted by Crippen LogP contribution is 2.39. The second-order valence-corrected chi connectivity index (χ2v) is 7.22. The van der Waals surface area contributed by atoms with Crippen molar-refractivity contribution in [1.82, 2.24) is 4.98 Å². The van der Waals surface area contributed by atoms with Crippen LogP contribution in [0.4, 0.5) is 5.69 Å². The highest BCUT2D eigenvalue weighted by atomic mass is 35.5. The third-order valence-electron chi connectivity index (χ3n) is 4.39. The van der Waals surface area contributed by atoms with Gasteiger partial charge < -0.3 is 5.32 Å². The third kappa shape index (κ3) is 4.38. The van der Waals surface area contributed by atoms with Gasteiger partial charge in [0, 0.05) is 18.4 Å². The molecule has 0 unspecified atom stereocenters. The molecule has 1 aromatic heterocycles. The summed E-state index contributed by atoms with van der Waals surface area (Å²) in [7, 11) is 0. The molecule has 0 aliphatic heterocycles. The van der Waals surface area contributed by atoms with Crippen LogP contribution < -0.4 is 5.32 Å². The van der Waals surface area contributed by atoms with Crippen LogP contribution in [0.2, 0.25) is 5.15 Å². The van der Waals surface area contributed by atoms with Crippen molar-refractivity contribution in [3.05, 3.63) is 23.5 Å². The summed E-state index contributed by atoms with van der Waals surface area (Å²) in [5, 5.41) is 4.04. The number of rotatable bonds is 3. The SMILES string of the molecule is CC(C)(C)C1CCC(CNc2ccnc(Cl)c2)CC1. The first kappa shape index (κ1) is 14.6. The minimum atomic E-state index is 0.469. The summed E-state index contributed by atoms with van der Waals surface area (Å²) in [4.78, 5) is 4.00. The molecule has 0 atom stereocenters. The molecular formula is C16H25ClN2. The van der Waals surface area contributed by atoms with E-state index in [1.54, 1.807) is 6.20 Å². The Kier molecular flexibility index (Phi) is 4.72. The lowest BCUT2D eigenvalue weighted by Crippen LogP contribution is -2.28. The van der Waals surface area contributed by atoms with E-state index in [9.17, 15) is 0 Å². The van der Waals surface area contributed by atoms with Crippen molar-refractivity contribution in [3.8, 4) is 0 Å². The van der Waals surface area contributed by atoms with Gasteiger partial charge in [-0.3, -0.25) is 0 Å². The Labute approximate surface area is 122 Å². The van der Waals surface area contributed by atoms with Crippen LogP contribution in [0.3, 0.4) is 0 Å². The maximum atomic E-state index is 5.88. The highest BCUT2D eigenvalue weighted by molar-refractivity contribution is 6.29. The number of anilines is 1. The van der Waals surface area contributed by atoms with Gasteiger partial charge >= 0.3 is 0 Å². The van der Waals surface area contributed by atoms with Crippen LogP contribution in [0.25, 0.3) is 0 Å². The topological polar surface area (TPSA) is 24.9 Å². The van der Waals surface area contributed by atoms with E-state index in [0.29, 0.717) is 10.6 Å². The molecule has 2 nitrogen and oxygen atoms in total. The number of hydrogen-bond donors (Lipinski definition) is 1. The predicted molar refractivity (Wildman–Crippen MR) is 82.6 cm³/mol. The van der Waals surface area contributed by atoms with Gasteiger partial charge in [-0.05, 0) is 55.1 Å². The second-order valence-electron chi connectivity index (χ2n) is 6.83. The van der Waals surface area contributed by atoms with Crippen LogP contribution in [-0.2, 0) is 0 Å². The van der Waals surface area contributed by atoms with Gasteiger partial charge in [-0.1, -0.05) is 32.4 Å². The smallest absolute Gasteiger partial charge is 0.131 e. The average Bonchev–Trinajstić information content (AvgIpc) is 2.36. The van der Waals surface area contributed by atoms with Crippen molar-refractivity contribution in [3.63, 3.8) is 0 Å². The fourth-order valence-corrected chi connectivity index (χ4v) is 3.18. The van der Waals surface area contributed by atoms with Crippen molar-refractivity contribution in [1.29, 1.82) is 0 Å². The molecule has 1 aromatic rings. The lowest BCUT2D eigenvalue weighted by molar-refractivity contribution is 0.153. The molecule has 2 rings (SSSR count). The average molecular weight is 281 g/mol. The van der Waals surface area contributed by atoms with Crippen LogP contribution >= 0.6 is 11.6 Å². The van der Waals surface area contributed by atoms with Crippen molar-refractivity contribution >= 4 is 17.3 Å². The molecule has 106 valence electrons. The maximum absolute atomic E-state index is 5.88. The molecule has 1 N–H and O–H groups in total. The van der Waals surface area contributed by atoms with Crippen LogP contribution in [-0.4, -0.2) is 11.5 Å². The van der Waals surface area contributed by atoms with Gasteiger partial charge in [-0.25, -0.2) is 4.98 Å². The molecule has 1 aliphatic rings. The summed E-state index contributed by atoms with van der Waals surface area (Å²) in [5.74, 6) is 1.68. The first-order valence-electron chi connectivity index (χ1n) is 7.30. The van der Waals surface area contributed by atoms with E-state index in [1.807, 2.05) is 12.1 Å². The standard InChI is InChI=1S/C16H25ClN2/c1-16(2,3)13-6-4-12(5-7-13)11-19-14-8-9-18-15(17)10-14/h8-10,12-13H,4-7,11H2,1-3H3,(H,18,19). The van der Waals surface area contributed by atoms with E-state index in [-0.39, 0.29) is 0 Å². The number of nitrogens with one attached hydrogen (secondary N) is 1. The molecule has 3 heteroatoms. The van der Waals surface area contributed by atoms with Gasteiger partial charge in [0.25, 0.3) is 0 Å². The molecule has 1 heterocycles. The molecule has 0 amide bonds. The largest absolute Gasteiger partial charge is 0.385 e. The second kappa shape index (κ2) is 6.13. The molecule has 1 aliphatic carbocycles. The quantitative estimate of drug-likeness (QED) is 0.788. The minimum Gasteiger partial charge on any atom is -0.385 e. The minimum absolute atomic E-state index is 0.469. The van der Waals surface area contributed by atoms with Gasteiger partial charge in [0.15, 0.2) is 0 Å². The zero-order valence-corrected chi connectivity index (χ0v) is 13.0. The van der Waals surface area contributed by atoms with Gasteiger partial charge in [0.05, 0.1) is 0 Å². The molecule has 19 heavy (non-hydrogen) atoms. The van der Waals surface area contributed by atoms with Gasteiger partial charge in [-0.15, -0.1) is 0 Å². The van der Waals surface area contributed by atoms with E-state index >= 15 is 0 Å². The summed E-state index contributed by atoms with van der Waals surface area (Å²) < 4.78 is 0. The van der Waals surface area contributed by atoms with Crippen molar-refractivity contribution in [2.75, 3.05) is 11.9 Å². The van der Waals surface area contributed by atoms with Gasteiger partial charge in [0.1, 0.15) is 5.15 Å². The molecule has 0 aromatic carbocycles. The van der Waals surface area contributed by atoms with Crippen molar-refractivity contribution < 1.29 is 0 Å². The Morgan fingerprint density at radius 1 is 1.26 bits per heavy atom. The number of nitrogens with zero attached hydrogens (tertiary/aromatic N) is 1. The number of aromatic nitrogens is 1. The predicted octanol–water partition coefficient (Wildman–Crippen LogP) is 5.00. The Morgan fingerprint density at radius 2 is 1.95 bits per heavy atom. The van der Waals surface area contributed by atoms with Crippen molar-refractivity contribution in [2.24, 2.45) is 17.3 Å². The summed E-state index contributed by atoms with van der Waals surface area (Å²) in [6.45, 7) is 8.16. The lowest BCUT2D eigenvalue weighted by Gasteiger charge is -2.37. The van der Waals surface area contributed by atoms with E-state index < -0.39 is 0 Å². The van der Waals surface area contributed by atoms with E-state index in [2.05, 4.69) is 31.1 Å². The van der Waals surface area contributed by atoms with Gasteiger partial charge in [-0.2, -0.15) is 0 Å². The van der Waals surface area contributed by atoms with E-state index in [1.165, 1.54) is 25.7 Å². The fraction of sp³-hybridized carbons (Fsp3) is 0.688. The summed E-state index contributed by atoms with van der Waals surface area (Å²) in [6.07, 6.45) is 7.17. The van der Waals surface area contributed by atoms with Crippen LogP contribution in [0.5, 0.6) is 0 Å². The Bertz CT molecular complexity index is 403. The molecule has 0 saturated heterocycles. The number of pyridine rings is 1. The molecule has 1 fully saturated rings. The Morgan fingerprint density at radius 3 is 2.53 bits per heavy atom. The van der Waals surface area contributed by atoms with Crippen LogP contribution in [0, 0.1) is 17.3 Å². The summed E-state index contributed by atoms with van der Waals surface area (Å²) >= 11 is 5.88. The maximum Gasteiger partial charge on any atom is 0.131 e. The zero-order valence-electron chi connectivity index (χ0n) is 12.2. The molecule has 1 saturated carbocycles. The highest BCUT2D eigenvalue weighted by Gasteiger charge is 2.29. The third-order valence-corrected chi connectivity index (χ3v) is 4.60. The van der Waals surface area contributed by atoms with Crippen LogP contribution in [0.15, 0.2) is 18.3 Å². The fourth-order valence-electron chi connectivity index (χ4n) is 3.01. The Balaban J connectivity index is 1.77. The summed E-state index contributed by atoms with van der Waals surface area (Å²) in [6, 6.07) is 3.87. The van der Waals surface area contributed by atoms with E-state index in [0.717, 1.165) is 24.1 Å². The monoisotopic (exact) mass is 280 g/mol. The van der Waals surface area contributed by atoms with E-state index in [4.69, 9.17) is 11.6 Å². The molecule has 0 spiro atoms. The Hall–Kier alpha value is -0.760. The normalized spacial score (nSPS) is 24.2. The van der Waals surface area contributed by atoms with Crippen molar-refractivity contribution in [2.45, 2.75) is 46.5 Å². The van der Waals surface area contributed by atoms with Gasteiger partial charge in [0.2, 0.25) is 0 Å². The molecule has 0 radical (unpaired) electrons. The lowest BCUT2D eigenvalue weighted by atomic mass is 9.70. The molecular weight excluding hydrogens is 256 g/mol.